The van der Waals surface area contributed by atoms with E-state index in [-0.39, 0.29) is 35.3 Å². The quantitative estimate of drug-likeness (QED) is 0.129. The first-order valence-electron chi connectivity index (χ1n) is 11.1. The van der Waals surface area contributed by atoms with Crippen LogP contribution in [0.1, 0.15) is 24.3 Å². The van der Waals surface area contributed by atoms with Crippen molar-refractivity contribution in [2.75, 3.05) is 17.2 Å². The zero-order chi connectivity index (χ0) is 27.2. The lowest BCUT2D eigenvalue weighted by Crippen LogP contribution is -2.20. The van der Waals surface area contributed by atoms with Crippen molar-refractivity contribution in [3.8, 4) is 22.7 Å². The van der Waals surface area contributed by atoms with Crippen molar-refractivity contribution in [3.05, 3.63) is 74.3 Å². The molecule has 0 atom stereocenters. The standard InChI is InChI=1S/C25H20IN5O6S/c1-3-36-23(33)22-19(29-25(34)37-18-10-6-16(30-35)7-11-18)12-21(26)31(22)17-8-4-15(5-9-17)20-13-38-24(28-20)27-14(2)32/h4-13H,3H2,1-2H3,(H,29,34)(H,27,28,32). The molecule has 2 aromatic heterocycles. The van der Waals surface area contributed by atoms with E-state index in [9.17, 15) is 19.3 Å². The number of halogens is 1. The maximum Gasteiger partial charge on any atom is 0.417 e. The minimum Gasteiger partial charge on any atom is -0.461 e. The molecule has 2 heterocycles. The van der Waals surface area contributed by atoms with Crippen LogP contribution in [0.2, 0.25) is 0 Å². The molecule has 38 heavy (non-hydrogen) atoms. The lowest BCUT2D eigenvalue weighted by atomic mass is 10.1. The zero-order valence-electron chi connectivity index (χ0n) is 20.1. The largest absolute Gasteiger partial charge is 0.461 e. The molecule has 0 aliphatic carbocycles. The molecular formula is C25H20IN5O6S. The summed E-state index contributed by atoms with van der Waals surface area (Å²) in [4.78, 5) is 51.8. The zero-order valence-corrected chi connectivity index (χ0v) is 23.0. The Morgan fingerprint density at radius 1 is 1.08 bits per heavy atom. The van der Waals surface area contributed by atoms with Gasteiger partial charge in [-0.15, -0.1) is 16.2 Å². The average Bonchev–Trinajstić information content (AvgIpc) is 3.48. The molecule has 0 saturated carbocycles. The van der Waals surface area contributed by atoms with E-state index in [0.717, 1.165) is 5.56 Å². The fourth-order valence-electron chi connectivity index (χ4n) is 3.44. The van der Waals surface area contributed by atoms with Crippen LogP contribution >= 0.6 is 33.9 Å². The third-order valence-corrected chi connectivity index (χ3v) is 6.57. The summed E-state index contributed by atoms with van der Waals surface area (Å²) in [5, 5.41) is 10.4. The molecule has 4 aromatic rings. The lowest BCUT2D eigenvalue weighted by Gasteiger charge is -2.13. The number of rotatable bonds is 8. The van der Waals surface area contributed by atoms with Crippen LogP contribution in [-0.4, -0.2) is 34.1 Å². The number of amides is 2. The summed E-state index contributed by atoms with van der Waals surface area (Å²) in [6.45, 7) is 3.25. The van der Waals surface area contributed by atoms with Gasteiger partial charge in [0.15, 0.2) is 10.8 Å². The van der Waals surface area contributed by atoms with Gasteiger partial charge < -0.3 is 14.8 Å². The Morgan fingerprint density at radius 3 is 2.42 bits per heavy atom. The Balaban J connectivity index is 1.61. The normalized spacial score (nSPS) is 10.5. The van der Waals surface area contributed by atoms with Crippen LogP contribution in [0.3, 0.4) is 0 Å². The highest BCUT2D eigenvalue weighted by molar-refractivity contribution is 14.1. The van der Waals surface area contributed by atoms with Crippen molar-refractivity contribution >= 4 is 68.4 Å². The van der Waals surface area contributed by atoms with Gasteiger partial charge in [-0.05, 0) is 77.2 Å². The molecule has 0 aliphatic heterocycles. The summed E-state index contributed by atoms with van der Waals surface area (Å²) in [6.07, 6.45) is -0.829. The van der Waals surface area contributed by atoms with Crippen LogP contribution in [0.4, 0.5) is 21.3 Å². The van der Waals surface area contributed by atoms with Gasteiger partial charge in [0.25, 0.3) is 0 Å². The van der Waals surface area contributed by atoms with E-state index >= 15 is 0 Å². The number of nitroso groups, excluding NO2 is 1. The molecule has 4 rings (SSSR count). The topological polar surface area (TPSA) is 141 Å². The van der Waals surface area contributed by atoms with E-state index in [4.69, 9.17) is 9.47 Å². The van der Waals surface area contributed by atoms with Crippen LogP contribution in [0.5, 0.6) is 5.75 Å². The number of hydrogen-bond donors (Lipinski definition) is 2. The van der Waals surface area contributed by atoms with Gasteiger partial charge in [-0.3, -0.25) is 14.7 Å². The molecule has 0 fully saturated rings. The number of ether oxygens (including phenoxy) is 2. The molecule has 2 N–H and O–H groups in total. The van der Waals surface area contributed by atoms with Crippen molar-refractivity contribution in [3.63, 3.8) is 0 Å². The number of hydrogen-bond acceptors (Lipinski definition) is 9. The van der Waals surface area contributed by atoms with E-state index in [2.05, 4.69) is 43.4 Å². The van der Waals surface area contributed by atoms with Crippen LogP contribution in [-0.2, 0) is 9.53 Å². The second kappa shape index (κ2) is 12.0. The molecule has 0 unspecified atom stereocenters. The van der Waals surface area contributed by atoms with Crippen molar-refractivity contribution in [1.82, 2.24) is 9.55 Å². The molecule has 0 radical (unpaired) electrons. The third-order valence-electron chi connectivity index (χ3n) is 5.02. The molecule has 2 amide bonds. The number of nitrogens with zero attached hydrogens (tertiary/aromatic N) is 3. The Hall–Kier alpha value is -4.11. The van der Waals surface area contributed by atoms with Crippen molar-refractivity contribution in [2.45, 2.75) is 13.8 Å². The molecule has 0 spiro atoms. The van der Waals surface area contributed by atoms with Gasteiger partial charge in [-0.2, -0.15) is 0 Å². The monoisotopic (exact) mass is 645 g/mol. The van der Waals surface area contributed by atoms with Gasteiger partial charge in [0.1, 0.15) is 11.4 Å². The summed E-state index contributed by atoms with van der Waals surface area (Å²) in [6, 6.07) is 14.6. The highest BCUT2D eigenvalue weighted by Gasteiger charge is 2.25. The predicted octanol–water partition coefficient (Wildman–Crippen LogP) is 6.35. The number of nitrogens with one attached hydrogen (secondary N) is 2. The number of aromatic nitrogens is 2. The second-order valence-corrected chi connectivity index (χ2v) is 9.61. The molecule has 13 heteroatoms. The summed E-state index contributed by atoms with van der Waals surface area (Å²) in [5.41, 5.74) is 2.68. The van der Waals surface area contributed by atoms with Crippen LogP contribution < -0.4 is 15.4 Å². The first kappa shape index (κ1) is 26.9. The molecule has 0 aliphatic rings. The van der Waals surface area contributed by atoms with Crippen molar-refractivity contribution in [2.24, 2.45) is 5.18 Å². The fourth-order valence-corrected chi connectivity index (χ4v) is 5.04. The van der Waals surface area contributed by atoms with Gasteiger partial charge in [-0.25, -0.2) is 14.6 Å². The van der Waals surface area contributed by atoms with E-state index in [1.54, 1.807) is 17.6 Å². The second-order valence-electron chi connectivity index (χ2n) is 7.65. The summed E-state index contributed by atoms with van der Waals surface area (Å²) >= 11 is 3.37. The number of carbonyl (C=O) groups excluding carboxylic acids is 3. The van der Waals surface area contributed by atoms with Crippen molar-refractivity contribution < 1.29 is 23.9 Å². The first-order chi connectivity index (χ1) is 18.3. The Bertz CT molecular complexity index is 1500. The number of thiazole rings is 1. The summed E-state index contributed by atoms with van der Waals surface area (Å²) in [5.74, 6) is -0.631. The van der Waals surface area contributed by atoms with Crippen molar-refractivity contribution in [1.29, 1.82) is 0 Å². The highest BCUT2D eigenvalue weighted by Crippen LogP contribution is 2.31. The number of benzene rings is 2. The summed E-state index contributed by atoms with van der Waals surface area (Å²) in [7, 11) is 0. The van der Waals surface area contributed by atoms with Gasteiger partial charge in [0.05, 0.1) is 21.7 Å². The average molecular weight is 645 g/mol. The minimum atomic E-state index is -0.829. The highest BCUT2D eigenvalue weighted by atomic mass is 127. The van der Waals surface area contributed by atoms with Crippen LogP contribution in [0.25, 0.3) is 16.9 Å². The smallest absolute Gasteiger partial charge is 0.417 e. The van der Waals surface area contributed by atoms with E-state index in [1.807, 2.05) is 29.6 Å². The molecular weight excluding hydrogens is 625 g/mol. The Kier molecular flexibility index (Phi) is 8.48. The number of carbonyl (C=O) groups is 3. The van der Waals surface area contributed by atoms with Gasteiger partial charge >= 0.3 is 12.1 Å². The fraction of sp³-hybridized carbons (Fsp3) is 0.120. The van der Waals surface area contributed by atoms with Gasteiger partial charge in [0.2, 0.25) is 5.91 Å². The molecule has 2 aromatic carbocycles. The number of esters is 1. The third kappa shape index (κ3) is 6.23. The molecule has 11 nitrogen and oxygen atoms in total. The van der Waals surface area contributed by atoms with E-state index in [1.165, 1.54) is 42.5 Å². The molecule has 0 saturated heterocycles. The Morgan fingerprint density at radius 2 is 1.79 bits per heavy atom. The van der Waals surface area contributed by atoms with Gasteiger partial charge in [0, 0.05) is 23.6 Å². The SMILES string of the molecule is CCOC(=O)c1c(NC(=O)Oc2ccc(N=O)cc2)cc(I)n1-c1ccc(-c2csc(NC(C)=O)n2)cc1. The number of anilines is 2. The van der Waals surface area contributed by atoms with E-state index < -0.39 is 12.1 Å². The van der Waals surface area contributed by atoms with E-state index in [0.29, 0.717) is 20.2 Å². The Labute approximate surface area is 234 Å². The molecule has 0 bridgehead atoms. The maximum absolute atomic E-state index is 12.9. The predicted molar refractivity (Wildman–Crippen MR) is 151 cm³/mol. The van der Waals surface area contributed by atoms with Gasteiger partial charge in [-0.1, -0.05) is 12.1 Å². The minimum absolute atomic E-state index is 0.114. The van der Waals surface area contributed by atoms with Crippen LogP contribution in [0, 0.1) is 8.61 Å². The lowest BCUT2D eigenvalue weighted by molar-refractivity contribution is -0.114. The molecule has 194 valence electrons. The van der Waals surface area contributed by atoms with Crippen LogP contribution in [0.15, 0.2) is 65.2 Å². The summed E-state index contributed by atoms with van der Waals surface area (Å²) < 4.78 is 12.8. The maximum atomic E-state index is 12.9. The first-order valence-corrected chi connectivity index (χ1v) is 13.1.